The van der Waals surface area contributed by atoms with Gasteiger partial charge in [0.2, 0.25) is 0 Å². The van der Waals surface area contributed by atoms with E-state index in [1.807, 2.05) is 11.8 Å². The Balaban J connectivity index is 2.31. The number of Topliss-reactive ketones (excluding diaryl/α,β-unsaturated/α-hetero) is 1. The molecule has 0 aliphatic carbocycles. The first-order valence-electron chi connectivity index (χ1n) is 6.41. The third-order valence-corrected chi connectivity index (χ3v) is 4.78. The van der Waals surface area contributed by atoms with Gasteiger partial charge in [-0.1, -0.05) is 11.3 Å². The van der Waals surface area contributed by atoms with Crippen LogP contribution in [0.5, 0.6) is 0 Å². The van der Waals surface area contributed by atoms with E-state index in [0.717, 1.165) is 30.7 Å². The predicted molar refractivity (Wildman–Crippen MR) is 75.9 cm³/mol. The molecule has 1 fully saturated rings. The highest BCUT2D eigenvalue weighted by Gasteiger charge is 2.33. The molecule has 0 spiro atoms. The minimum absolute atomic E-state index is 0.151. The fourth-order valence-corrected chi connectivity index (χ4v) is 3.34. The summed E-state index contributed by atoms with van der Waals surface area (Å²) >= 11 is 1.14. The van der Waals surface area contributed by atoms with Gasteiger partial charge in [-0.3, -0.25) is 4.79 Å². The lowest BCUT2D eigenvalue weighted by Gasteiger charge is -2.39. The number of carboxylic acid groups (broad SMARTS) is 1. The average molecular weight is 298 g/mol. The SMILES string of the molecule is COC1(C)CCCN(c2nc(C(=O)O)c(C(C)=O)s2)C1. The minimum Gasteiger partial charge on any atom is -0.476 e. The van der Waals surface area contributed by atoms with Crippen molar-refractivity contribution in [2.75, 3.05) is 25.1 Å². The van der Waals surface area contributed by atoms with Crippen molar-refractivity contribution in [1.29, 1.82) is 0 Å². The fraction of sp³-hybridized carbons (Fsp3) is 0.615. The molecule has 0 aromatic carbocycles. The second-order valence-corrected chi connectivity index (χ2v) is 6.19. The summed E-state index contributed by atoms with van der Waals surface area (Å²) < 4.78 is 5.51. The number of anilines is 1. The summed E-state index contributed by atoms with van der Waals surface area (Å²) in [5.41, 5.74) is -0.411. The Morgan fingerprint density at radius 2 is 2.20 bits per heavy atom. The average Bonchev–Trinajstić information content (AvgIpc) is 2.84. The number of piperidine rings is 1. The molecule has 0 amide bonds. The first kappa shape index (κ1) is 14.9. The normalized spacial score (nSPS) is 22.9. The van der Waals surface area contributed by atoms with Crippen LogP contribution in [0.15, 0.2) is 0 Å². The number of ether oxygens (including phenoxy) is 1. The molecule has 20 heavy (non-hydrogen) atoms. The molecule has 0 saturated carbocycles. The van der Waals surface area contributed by atoms with Crippen molar-refractivity contribution >= 4 is 28.2 Å². The quantitative estimate of drug-likeness (QED) is 0.857. The van der Waals surface area contributed by atoms with Crippen LogP contribution in [0.4, 0.5) is 5.13 Å². The van der Waals surface area contributed by atoms with Crippen molar-refractivity contribution in [2.24, 2.45) is 0 Å². The van der Waals surface area contributed by atoms with Gasteiger partial charge in [-0.2, -0.15) is 0 Å². The van der Waals surface area contributed by atoms with Crippen LogP contribution in [0, 0.1) is 0 Å². The number of carbonyl (C=O) groups is 2. The number of methoxy groups -OCH3 is 1. The van der Waals surface area contributed by atoms with Crippen LogP contribution in [-0.2, 0) is 4.74 Å². The second-order valence-electron chi connectivity index (χ2n) is 5.21. The molecule has 1 saturated heterocycles. The van der Waals surface area contributed by atoms with Gasteiger partial charge < -0.3 is 14.7 Å². The van der Waals surface area contributed by atoms with E-state index in [1.54, 1.807) is 7.11 Å². The number of carboxylic acids is 1. The van der Waals surface area contributed by atoms with Crippen molar-refractivity contribution in [3.8, 4) is 0 Å². The molecule has 1 atom stereocenters. The van der Waals surface area contributed by atoms with Gasteiger partial charge in [-0.05, 0) is 19.8 Å². The summed E-state index contributed by atoms with van der Waals surface area (Å²) in [5.74, 6) is -1.43. The number of aromatic nitrogens is 1. The number of aromatic carboxylic acids is 1. The first-order valence-corrected chi connectivity index (χ1v) is 7.23. The van der Waals surface area contributed by atoms with Gasteiger partial charge in [0.25, 0.3) is 0 Å². The molecule has 2 rings (SSSR count). The maximum Gasteiger partial charge on any atom is 0.356 e. The molecule has 6 nitrogen and oxygen atoms in total. The first-order chi connectivity index (χ1) is 9.36. The van der Waals surface area contributed by atoms with Crippen LogP contribution in [0.3, 0.4) is 0 Å². The van der Waals surface area contributed by atoms with Crippen LogP contribution < -0.4 is 4.90 Å². The van der Waals surface area contributed by atoms with Crippen molar-refractivity contribution in [1.82, 2.24) is 4.98 Å². The van der Waals surface area contributed by atoms with Crippen molar-refractivity contribution < 1.29 is 19.4 Å². The Kier molecular flexibility index (Phi) is 4.10. The van der Waals surface area contributed by atoms with Gasteiger partial charge in [-0.25, -0.2) is 9.78 Å². The molecule has 0 bridgehead atoms. The van der Waals surface area contributed by atoms with E-state index in [-0.39, 0.29) is 22.0 Å². The van der Waals surface area contributed by atoms with Crippen LogP contribution in [0.2, 0.25) is 0 Å². The third-order valence-electron chi connectivity index (χ3n) is 3.56. The van der Waals surface area contributed by atoms with Crippen LogP contribution in [0.1, 0.15) is 46.8 Å². The molecule has 0 radical (unpaired) electrons. The number of hydrogen-bond acceptors (Lipinski definition) is 6. The lowest BCUT2D eigenvalue weighted by Crippen LogP contribution is -2.47. The topological polar surface area (TPSA) is 79.7 Å². The number of nitrogens with zero attached hydrogens (tertiary/aromatic N) is 2. The summed E-state index contributed by atoms with van der Waals surface area (Å²) in [6.07, 6.45) is 1.90. The predicted octanol–water partition coefficient (Wildman–Crippen LogP) is 2.05. The zero-order valence-electron chi connectivity index (χ0n) is 11.8. The lowest BCUT2D eigenvalue weighted by molar-refractivity contribution is -0.00466. The highest BCUT2D eigenvalue weighted by atomic mass is 32.1. The van der Waals surface area contributed by atoms with Gasteiger partial charge in [-0.15, -0.1) is 0 Å². The smallest absolute Gasteiger partial charge is 0.356 e. The summed E-state index contributed by atoms with van der Waals surface area (Å²) in [7, 11) is 1.68. The zero-order valence-corrected chi connectivity index (χ0v) is 12.6. The van der Waals surface area contributed by atoms with Crippen LogP contribution >= 0.6 is 11.3 Å². The van der Waals surface area contributed by atoms with E-state index in [2.05, 4.69) is 4.98 Å². The number of rotatable bonds is 4. The summed E-state index contributed by atoms with van der Waals surface area (Å²) in [5, 5.41) is 9.70. The zero-order chi connectivity index (χ0) is 14.9. The van der Waals surface area contributed by atoms with Crippen molar-refractivity contribution in [2.45, 2.75) is 32.3 Å². The Morgan fingerprint density at radius 1 is 1.50 bits per heavy atom. The molecule has 110 valence electrons. The van der Waals surface area contributed by atoms with E-state index >= 15 is 0 Å². The highest BCUT2D eigenvalue weighted by molar-refractivity contribution is 7.17. The number of thiazole rings is 1. The van der Waals surface area contributed by atoms with E-state index in [4.69, 9.17) is 9.84 Å². The van der Waals surface area contributed by atoms with Crippen molar-refractivity contribution in [3.05, 3.63) is 10.6 Å². The number of carbonyl (C=O) groups excluding carboxylic acids is 1. The fourth-order valence-electron chi connectivity index (χ4n) is 2.36. The Morgan fingerprint density at radius 3 is 2.70 bits per heavy atom. The van der Waals surface area contributed by atoms with E-state index in [1.165, 1.54) is 6.92 Å². The lowest BCUT2D eigenvalue weighted by atomic mass is 9.95. The molecule has 1 aliphatic heterocycles. The van der Waals surface area contributed by atoms with E-state index in [9.17, 15) is 9.59 Å². The second kappa shape index (κ2) is 5.49. The van der Waals surface area contributed by atoms with Gasteiger partial charge >= 0.3 is 5.97 Å². The molecule has 1 aromatic heterocycles. The van der Waals surface area contributed by atoms with Gasteiger partial charge in [0.1, 0.15) is 4.88 Å². The summed E-state index contributed by atoms with van der Waals surface area (Å²) in [4.78, 5) is 29.0. The molecule has 7 heteroatoms. The van der Waals surface area contributed by atoms with Crippen molar-refractivity contribution in [3.63, 3.8) is 0 Å². The van der Waals surface area contributed by atoms with Gasteiger partial charge in [0.05, 0.1) is 5.60 Å². The standard InChI is InChI=1S/C13H18N2O4S/c1-8(16)10-9(11(17)18)14-12(20-10)15-6-4-5-13(2,7-15)19-3/h4-7H2,1-3H3,(H,17,18). The number of ketones is 1. The van der Waals surface area contributed by atoms with E-state index in [0.29, 0.717) is 11.7 Å². The molecule has 2 heterocycles. The monoisotopic (exact) mass is 298 g/mol. The molecular weight excluding hydrogens is 280 g/mol. The molecule has 1 N–H and O–H groups in total. The Labute approximate surface area is 121 Å². The molecular formula is C13H18N2O4S. The summed E-state index contributed by atoms with van der Waals surface area (Å²) in [6.45, 7) is 4.83. The Bertz CT molecular complexity index is 511. The molecule has 1 aromatic rings. The maximum atomic E-state index is 11.5. The maximum absolute atomic E-state index is 11.5. The summed E-state index contributed by atoms with van der Waals surface area (Å²) in [6, 6.07) is 0. The third kappa shape index (κ3) is 2.83. The van der Waals surface area contributed by atoms with Gasteiger partial charge in [0, 0.05) is 27.1 Å². The highest BCUT2D eigenvalue weighted by Crippen LogP contribution is 2.32. The minimum atomic E-state index is -1.16. The molecule has 1 aliphatic rings. The van der Waals surface area contributed by atoms with E-state index < -0.39 is 5.97 Å². The number of hydrogen-bond donors (Lipinski definition) is 1. The van der Waals surface area contributed by atoms with Crippen LogP contribution in [0.25, 0.3) is 0 Å². The van der Waals surface area contributed by atoms with Crippen LogP contribution in [-0.4, -0.2) is 47.6 Å². The Hall–Kier alpha value is -1.47. The largest absolute Gasteiger partial charge is 0.476 e. The molecule has 1 unspecified atom stereocenters. The van der Waals surface area contributed by atoms with Gasteiger partial charge in [0.15, 0.2) is 16.6 Å².